The third-order valence-electron chi connectivity index (χ3n) is 4.54. The summed E-state index contributed by atoms with van der Waals surface area (Å²) in [6.45, 7) is 6.19. The van der Waals surface area contributed by atoms with Crippen molar-refractivity contribution < 1.29 is 4.79 Å². The molecule has 3 heterocycles. The molecule has 126 valence electrons. The first-order valence-corrected chi connectivity index (χ1v) is 8.91. The topological polar surface area (TPSA) is 75.9 Å². The second-order valence-electron chi connectivity index (χ2n) is 7.19. The number of rotatable bonds is 1. The Bertz CT molecular complexity index is 813. The summed E-state index contributed by atoms with van der Waals surface area (Å²) in [4.78, 5) is 13.9. The molecule has 4 rings (SSSR count). The number of carbonyl (C=O) groups is 1. The maximum atomic E-state index is 13.0. The van der Waals surface area contributed by atoms with Crippen molar-refractivity contribution in [1.82, 2.24) is 25.5 Å². The van der Waals surface area contributed by atoms with E-state index in [1.807, 2.05) is 36.0 Å². The molecule has 0 radical (unpaired) electrons. The number of nitrogens with zero attached hydrogens (tertiary/aromatic N) is 5. The van der Waals surface area contributed by atoms with Gasteiger partial charge in [0.25, 0.3) is 5.91 Å². The molecule has 0 aliphatic carbocycles. The fourth-order valence-corrected chi connectivity index (χ4v) is 4.83. The molecule has 8 heteroatoms. The van der Waals surface area contributed by atoms with Gasteiger partial charge in [0, 0.05) is 24.1 Å². The standard InChI is InChI=1S/C16H20N6OS/c1-15(2,3)22-13(18-19-20-22)11-9-24-16(17-11)10-7-5-6-8-12(10)21(4)14(16)23/h5-8,11,17H,9H2,1-4H3/t11-,16-/m0/s1. The molecule has 2 atom stereocenters. The summed E-state index contributed by atoms with van der Waals surface area (Å²) in [5.41, 5.74) is 1.76. The number of para-hydroxylation sites is 1. The molecule has 1 aromatic heterocycles. The zero-order chi connectivity index (χ0) is 17.1. The van der Waals surface area contributed by atoms with Crippen molar-refractivity contribution in [3.8, 4) is 0 Å². The third-order valence-corrected chi connectivity index (χ3v) is 5.98. The van der Waals surface area contributed by atoms with E-state index in [0.717, 1.165) is 22.8 Å². The van der Waals surface area contributed by atoms with Crippen molar-refractivity contribution in [2.75, 3.05) is 17.7 Å². The minimum atomic E-state index is -0.745. The van der Waals surface area contributed by atoms with Gasteiger partial charge in [0.1, 0.15) is 0 Å². The van der Waals surface area contributed by atoms with Gasteiger partial charge < -0.3 is 4.90 Å². The number of benzene rings is 1. The van der Waals surface area contributed by atoms with Gasteiger partial charge in [-0.05, 0) is 37.3 Å². The summed E-state index contributed by atoms with van der Waals surface area (Å²) in [7, 11) is 1.82. The van der Waals surface area contributed by atoms with Crippen LogP contribution in [0.3, 0.4) is 0 Å². The molecule has 0 saturated carbocycles. The number of nitrogens with one attached hydrogen (secondary N) is 1. The van der Waals surface area contributed by atoms with Crippen molar-refractivity contribution in [2.45, 2.75) is 37.2 Å². The van der Waals surface area contributed by atoms with Crippen LogP contribution in [0.5, 0.6) is 0 Å². The van der Waals surface area contributed by atoms with E-state index in [9.17, 15) is 4.79 Å². The van der Waals surface area contributed by atoms with Crippen molar-refractivity contribution in [2.24, 2.45) is 0 Å². The number of likely N-dealkylation sites (N-methyl/N-ethyl adjacent to an activating group) is 1. The van der Waals surface area contributed by atoms with E-state index in [2.05, 4.69) is 41.6 Å². The number of hydrogen-bond acceptors (Lipinski definition) is 6. The maximum Gasteiger partial charge on any atom is 0.262 e. The SMILES string of the molecule is CN1C(=O)[C@]2(N[C@H](c3nnnn3C(C)(C)C)CS2)c2ccccc21. The van der Waals surface area contributed by atoms with Crippen LogP contribution in [0.15, 0.2) is 24.3 Å². The van der Waals surface area contributed by atoms with E-state index in [1.54, 1.807) is 16.7 Å². The third kappa shape index (κ3) is 2.02. The molecule has 1 amide bonds. The first kappa shape index (κ1) is 15.6. The predicted molar refractivity (Wildman–Crippen MR) is 92.7 cm³/mol. The minimum Gasteiger partial charge on any atom is -0.312 e. The Morgan fingerprint density at radius 2 is 2.08 bits per heavy atom. The molecule has 0 bridgehead atoms. The fraction of sp³-hybridized carbons (Fsp3) is 0.500. The van der Waals surface area contributed by atoms with Crippen LogP contribution in [0.1, 0.15) is 38.2 Å². The number of carbonyl (C=O) groups excluding carboxylic acids is 1. The molecule has 1 fully saturated rings. The van der Waals surface area contributed by atoms with Gasteiger partial charge in [-0.2, -0.15) is 0 Å². The lowest BCUT2D eigenvalue weighted by Gasteiger charge is -2.25. The summed E-state index contributed by atoms with van der Waals surface area (Å²) >= 11 is 1.62. The zero-order valence-electron chi connectivity index (χ0n) is 14.1. The molecule has 0 unspecified atom stereocenters. The van der Waals surface area contributed by atoms with Gasteiger partial charge in [-0.15, -0.1) is 16.9 Å². The molecule has 2 aromatic rings. The average Bonchev–Trinajstić information content (AvgIpc) is 3.23. The van der Waals surface area contributed by atoms with Crippen molar-refractivity contribution in [1.29, 1.82) is 0 Å². The average molecular weight is 344 g/mol. The van der Waals surface area contributed by atoms with E-state index < -0.39 is 4.87 Å². The molecule has 7 nitrogen and oxygen atoms in total. The number of hydrogen-bond donors (Lipinski definition) is 1. The first-order chi connectivity index (χ1) is 11.3. The number of anilines is 1. The number of tetrazole rings is 1. The van der Waals surface area contributed by atoms with Crippen LogP contribution in [0, 0.1) is 0 Å². The number of fused-ring (bicyclic) bond motifs is 2. The normalized spacial score (nSPS) is 26.4. The molecule has 1 aromatic carbocycles. The summed E-state index contributed by atoms with van der Waals surface area (Å²) in [5, 5.41) is 15.7. The van der Waals surface area contributed by atoms with Crippen molar-refractivity contribution in [3.63, 3.8) is 0 Å². The van der Waals surface area contributed by atoms with Gasteiger partial charge in [0.15, 0.2) is 10.7 Å². The molecular formula is C16H20N6OS. The van der Waals surface area contributed by atoms with Gasteiger partial charge in [0.2, 0.25) is 0 Å². The highest BCUT2D eigenvalue weighted by atomic mass is 32.2. The van der Waals surface area contributed by atoms with Gasteiger partial charge in [-0.25, -0.2) is 4.68 Å². The molecule has 2 aliphatic rings. The summed E-state index contributed by atoms with van der Waals surface area (Å²) in [6.07, 6.45) is 0. The minimum absolute atomic E-state index is 0.0611. The lowest BCUT2D eigenvalue weighted by atomic mass is 10.1. The fourth-order valence-electron chi connectivity index (χ4n) is 3.37. The van der Waals surface area contributed by atoms with E-state index in [0.29, 0.717) is 0 Å². The van der Waals surface area contributed by atoms with Crippen LogP contribution in [0.4, 0.5) is 5.69 Å². The monoisotopic (exact) mass is 344 g/mol. The molecule has 24 heavy (non-hydrogen) atoms. The summed E-state index contributed by atoms with van der Waals surface area (Å²) in [6, 6.07) is 7.86. The van der Waals surface area contributed by atoms with Crippen LogP contribution in [0.25, 0.3) is 0 Å². The molecular weight excluding hydrogens is 324 g/mol. The van der Waals surface area contributed by atoms with E-state index in [4.69, 9.17) is 0 Å². The highest BCUT2D eigenvalue weighted by Gasteiger charge is 2.55. The summed E-state index contributed by atoms with van der Waals surface area (Å²) in [5.74, 6) is 1.57. The van der Waals surface area contributed by atoms with Crippen molar-refractivity contribution in [3.05, 3.63) is 35.7 Å². The lowest BCUT2D eigenvalue weighted by molar-refractivity contribution is -0.120. The van der Waals surface area contributed by atoms with Crippen LogP contribution < -0.4 is 10.2 Å². The Kier molecular flexibility index (Phi) is 3.27. The predicted octanol–water partition coefficient (Wildman–Crippen LogP) is 1.63. The number of amides is 1. The Morgan fingerprint density at radius 3 is 2.83 bits per heavy atom. The molecule has 1 N–H and O–H groups in total. The first-order valence-electron chi connectivity index (χ1n) is 7.93. The Morgan fingerprint density at radius 1 is 1.33 bits per heavy atom. The van der Waals surface area contributed by atoms with E-state index >= 15 is 0 Å². The van der Waals surface area contributed by atoms with Crippen molar-refractivity contribution >= 4 is 23.4 Å². The highest BCUT2D eigenvalue weighted by Crippen LogP contribution is 2.52. The Labute approximate surface area is 144 Å². The highest BCUT2D eigenvalue weighted by molar-refractivity contribution is 8.01. The molecule has 1 spiro atoms. The number of aromatic nitrogens is 4. The second kappa shape index (κ2) is 5.03. The Balaban J connectivity index is 1.73. The molecule has 1 saturated heterocycles. The maximum absolute atomic E-state index is 13.0. The Hall–Kier alpha value is -1.93. The zero-order valence-corrected chi connectivity index (χ0v) is 15.0. The lowest BCUT2D eigenvalue weighted by Crippen LogP contribution is -2.45. The van der Waals surface area contributed by atoms with Crippen LogP contribution in [-0.4, -0.2) is 38.9 Å². The number of thioether (sulfide) groups is 1. The van der Waals surface area contributed by atoms with Crippen LogP contribution in [0.2, 0.25) is 0 Å². The molecule has 2 aliphatic heterocycles. The van der Waals surface area contributed by atoms with Crippen LogP contribution in [-0.2, 0) is 15.2 Å². The quantitative estimate of drug-likeness (QED) is 0.847. The largest absolute Gasteiger partial charge is 0.312 e. The smallest absolute Gasteiger partial charge is 0.262 e. The van der Waals surface area contributed by atoms with Gasteiger partial charge >= 0.3 is 0 Å². The van der Waals surface area contributed by atoms with Gasteiger partial charge in [-0.3, -0.25) is 10.1 Å². The second-order valence-corrected chi connectivity index (χ2v) is 8.42. The van der Waals surface area contributed by atoms with Crippen LogP contribution >= 0.6 is 11.8 Å². The van der Waals surface area contributed by atoms with E-state index in [1.165, 1.54) is 0 Å². The van der Waals surface area contributed by atoms with Gasteiger partial charge in [-0.1, -0.05) is 18.2 Å². The summed E-state index contributed by atoms with van der Waals surface area (Å²) < 4.78 is 1.83. The van der Waals surface area contributed by atoms with E-state index in [-0.39, 0.29) is 17.5 Å². The van der Waals surface area contributed by atoms with Gasteiger partial charge in [0.05, 0.1) is 11.6 Å².